The monoisotopic (exact) mass is 325 g/mol. The van der Waals surface area contributed by atoms with Gasteiger partial charge in [-0.15, -0.1) is 0 Å². The van der Waals surface area contributed by atoms with Crippen LogP contribution in [0.4, 0.5) is 0 Å². The molecule has 108 valence electrons. The van der Waals surface area contributed by atoms with Crippen molar-refractivity contribution in [1.82, 2.24) is 5.32 Å². The highest BCUT2D eigenvalue weighted by Gasteiger charge is 2.09. The molecule has 1 N–H and O–H groups in total. The quantitative estimate of drug-likeness (QED) is 0.532. The van der Waals surface area contributed by atoms with Gasteiger partial charge >= 0.3 is 0 Å². The molecule has 0 bridgehead atoms. The van der Waals surface area contributed by atoms with Gasteiger partial charge in [0.1, 0.15) is 0 Å². The summed E-state index contributed by atoms with van der Waals surface area (Å²) < 4.78 is 1.18. The van der Waals surface area contributed by atoms with Crippen molar-refractivity contribution in [2.75, 3.05) is 6.54 Å². The van der Waals surface area contributed by atoms with Crippen molar-refractivity contribution in [1.29, 1.82) is 0 Å². The molecule has 1 aromatic carbocycles. The zero-order chi connectivity index (χ0) is 13.9. The topological polar surface area (TPSA) is 12.0 Å². The summed E-state index contributed by atoms with van der Waals surface area (Å²) in [5, 5.41) is 3.61. The van der Waals surface area contributed by atoms with Gasteiger partial charge in [-0.25, -0.2) is 0 Å². The minimum Gasteiger partial charge on any atom is -0.310 e. The third-order valence-electron chi connectivity index (χ3n) is 3.55. The molecule has 0 radical (unpaired) electrons. The maximum absolute atomic E-state index is 3.61. The van der Waals surface area contributed by atoms with Crippen LogP contribution < -0.4 is 5.32 Å². The molecular formula is C17H28BrN. The van der Waals surface area contributed by atoms with E-state index in [1.54, 1.807) is 0 Å². The van der Waals surface area contributed by atoms with E-state index in [0.717, 1.165) is 6.54 Å². The first-order valence-electron chi connectivity index (χ1n) is 7.76. The van der Waals surface area contributed by atoms with E-state index in [9.17, 15) is 0 Å². The van der Waals surface area contributed by atoms with Crippen LogP contribution in [0.3, 0.4) is 0 Å². The molecule has 0 fully saturated rings. The van der Waals surface area contributed by atoms with Gasteiger partial charge in [0.2, 0.25) is 0 Å². The molecule has 0 aliphatic heterocycles. The van der Waals surface area contributed by atoms with Crippen LogP contribution in [0, 0.1) is 0 Å². The van der Waals surface area contributed by atoms with Crippen molar-refractivity contribution in [3.05, 3.63) is 34.3 Å². The van der Waals surface area contributed by atoms with Gasteiger partial charge in [-0.3, -0.25) is 0 Å². The minimum atomic E-state index is 0.508. The Labute approximate surface area is 127 Å². The fraction of sp³-hybridized carbons (Fsp3) is 0.647. The summed E-state index contributed by atoms with van der Waals surface area (Å²) in [6, 6.07) is 9.20. The number of unbranched alkanes of at least 4 members (excludes halogenated alkanes) is 5. The Morgan fingerprint density at radius 1 is 1.05 bits per heavy atom. The van der Waals surface area contributed by atoms with Crippen LogP contribution in [0.2, 0.25) is 0 Å². The van der Waals surface area contributed by atoms with E-state index in [1.807, 2.05) is 0 Å². The molecule has 0 saturated carbocycles. The molecular weight excluding hydrogens is 298 g/mol. The first-order chi connectivity index (χ1) is 9.27. The Balaban J connectivity index is 2.36. The van der Waals surface area contributed by atoms with Crippen molar-refractivity contribution < 1.29 is 0 Å². The minimum absolute atomic E-state index is 0.508. The molecule has 1 atom stereocenters. The van der Waals surface area contributed by atoms with E-state index in [2.05, 4.69) is 59.4 Å². The SMILES string of the molecule is CCCCCCCCC(NCC)c1cccc(Br)c1. The van der Waals surface area contributed by atoms with Gasteiger partial charge in [0.25, 0.3) is 0 Å². The lowest BCUT2D eigenvalue weighted by Gasteiger charge is -2.18. The van der Waals surface area contributed by atoms with Crippen molar-refractivity contribution in [3.8, 4) is 0 Å². The largest absolute Gasteiger partial charge is 0.310 e. The standard InChI is InChI=1S/C17H28BrN/c1-3-5-6-7-8-9-13-17(19-4-2)15-11-10-12-16(18)14-15/h10-12,14,17,19H,3-9,13H2,1-2H3. The summed E-state index contributed by atoms with van der Waals surface area (Å²) in [5.41, 5.74) is 1.41. The molecule has 0 saturated heterocycles. The zero-order valence-corrected chi connectivity index (χ0v) is 14.0. The van der Waals surface area contributed by atoms with Gasteiger partial charge in [-0.1, -0.05) is 80.4 Å². The molecule has 2 heteroatoms. The van der Waals surface area contributed by atoms with E-state index >= 15 is 0 Å². The van der Waals surface area contributed by atoms with Crippen LogP contribution in [0.1, 0.15) is 70.4 Å². The summed E-state index contributed by atoms with van der Waals surface area (Å²) >= 11 is 3.56. The zero-order valence-electron chi connectivity index (χ0n) is 12.4. The van der Waals surface area contributed by atoms with E-state index < -0.39 is 0 Å². The van der Waals surface area contributed by atoms with Gasteiger partial charge in [0.05, 0.1) is 0 Å². The first-order valence-corrected chi connectivity index (χ1v) is 8.56. The predicted octanol–water partition coefficient (Wildman–Crippen LogP) is 5.85. The Morgan fingerprint density at radius 2 is 1.79 bits per heavy atom. The Hall–Kier alpha value is -0.340. The summed E-state index contributed by atoms with van der Waals surface area (Å²) in [7, 11) is 0. The van der Waals surface area contributed by atoms with E-state index in [-0.39, 0.29) is 0 Å². The average Bonchev–Trinajstić information content (AvgIpc) is 2.41. The molecule has 0 amide bonds. The Morgan fingerprint density at radius 3 is 2.47 bits per heavy atom. The van der Waals surface area contributed by atoms with Crippen molar-refractivity contribution in [3.63, 3.8) is 0 Å². The van der Waals surface area contributed by atoms with Crippen LogP contribution in [-0.2, 0) is 0 Å². The Bertz CT molecular complexity index is 338. The fourth-order valence-corrected chi connectivity index (χ4v) is 2.90. The number of nitrogens with one attached hydrogen (secondary N) is 1. The fourth-order valence-electron chi connectivity index (χ4n) is 2.49. The highest BCUT2D eigenvalue weighted by Crippen LogP contribution is 2.23. The molecule has 0 heterocycles. The normalized spacial score (nSPS) is 12.6. The summed E-state index contributed by atoms with van der Waals surface area (Å²) in [4.78, 5) is 0. The lowest BCUT2D eigenvalue weighted by atomic mass is 9.99. The maximum Gasteiger partial charge on any atom is 0.0320 e. The summed E-state index contributed by atoms with van der Waals surface area (Å²) in [6.07, 6.45) is 9.46. The lowest BCUT2D eigenvalue weighted by molar-refractivity contribution is 0.477. The van der Waals surface area contributed by atoms with Crippen molar-refractivity contribution in [2.45, 2.75) is 64.8 Å². The second kappa shape index (κ2) is 10.4. The Kier molecular flexibility index (Phi) is 9.19. The van der Waals surface area contributed by atoms with Crippen LogP contribution in [0.5, 0.6) is 0 Å². The molecule has 1 nitrogen and oxygen atoms in total. The van der Waals surface area contributed by atoms with Gasteiger partial charge < -0.3 is 5.32 Å². The molecule has 1 aromatic rings. The highest BCUT2D eigenvalue weighted by atomic mass is 79.9. The van der Waals surface area contributed by atoms with Crippen LogP contribution in [0.25, 0.3) is 0 Å². The van der Waals surface area contributed by atoms with Crippen LogP contribution in [-0.4, -0.2) is 6.54 Å². The van der Waals surface area contributed by atoms with Gasteiger partial charge in [-0.05, 0) is 30.7 Å². The number of halogens is 1. The molecule has 1 rings (SSSR count). The van der Waals surface area contributed by atoms with Crippen LogP contribution in [0.15, 0.2) is 28.7 Å². The lowest BCUT2D eigenvalue weighted by Crippen LogP contribution is -2.20. The van der Waals surface area contributed by atoms with Crippen LogP contribution >= 0.6 is 15.9 Å². The molecule has 1 unspecified atom stereocenters. The van der Waals surface area contributed by atoms with Gasteiger partial charge in [0, 0.05) is 10.5 Å². The molecule has 0 aromatic heterocycles. The third-order valence-corrected chi connectivity index (χ3v) is 4.04. The van der Waals surface area contributed by atoms with E-state index in [0.29, 0.717) is 6.04 Å². The molecule has 19 heavy (non-hydrogen) atoms. The first kappa shape index (κ1) is 16.7. The predicted molar refractivity (Wildman–Crippen MR) is 88.6 cm³/mol. The molecule has 0 spiro atoms. The van der Waals surface area contributed by atoms with Gasteiger partial charge in [-0.2, -0.15) is 0 Å². The second-order valence-electron chi connectivity index (χ2n) is 5.22. The number of rotatable bonds is 10. The number of hydrogen-bond acceptors (Lipinski definition) is 1. The summed E-state index contributed by atoms with van der Waals surface area (Å²) in [6.45, 7) is 5.49. The van der Waals surface area contributed by atoms with Crippen molar-refractivity contribution in [2.24, 2.45) is 0 Å². The van der Waals surface area contributed by atoms with Crippen molar-refractivity contribution >= 4 is 15.9 Å². The number of benzene rings is 1. The molecule has 0 aliphatic rings. The van der Waals surface area contributed by atoms with E-state index in [1.165, 1.54) is 55.0 Å². The second-order valence-corrected chi connectivity index (χ2v) is 6.14. The molecule has 0 aliphatic carbocycles. The smallest absolute Gasteiger partial charge is 0.0320 e. The number of hydrogen-bond donors (Lipinski definition) is 1. The maximum atomic E-state index is 3.61. The third kappa shape index (κ3) is 7.12. The van der Waals surface area contributed by atoms with E-state index in [4.69, 9.17) is 0 Å². The average molecular weight is 326 g/mol. The highest BCUT2D eigenvalue weighted by molar-refractivity contribution is 9.10. The summed E-state index contributed by atoms with van der Waals surface area (Å²) in [5.74, 6) is 0. The van der Waals surface area contributed by atoms with Gasteiger partial charge in [0.15, 0.2) is 0 Å².